The van der Waals surface area contributed by atoms with Gasteiger partial charge in [-0.25, -0.2) is 14.8 Å². The zero-order chi connectivity index (χ0) is 15.4. The van der Waals surface area contributed by atoms with E-state index in [0.717, 1.165) is 10.0 Å². The highest BCUT2D eigenvalue weighted by atomic mass is 79.9. The molecule has 5 nitrogen and oxygen atoms in total. The van der Waals surface area contributed by atoms with E-state index < -0.39 is 0 Å². The topological polar surface area (TPSA) is 65.0 Å². The average molecular weight is 350 g/mol. The summed E-state index contributed by atoms with van der Waals surface area (Å²) in [6.07, 6.45) is 4.91. The number of pyridine rings is 1. The van der Waals surface area contributed by atoms with Crippen LogP contribution in [0, 0.1) is 0 Å². The van der Waals surface area contributed by atoms with E-state index in [4.69, 9.17) is 4.74 Å². The van der Waals surface area contributed by atoms with Crippen LogP contribution in [0.4, 0.5) is 0 Å². The molecule has 0 saturated carbocycles. The maximum absolute atomic E-state index is 11.9. The third-order valence-electron chi connectivity index (χ3n) is 2.82. The molecule has 0 aliphatic carbocycles. The lowest BCUT2D eigenvalue weighted by atomic mass is 10.0. The number of hydrogen-bond acceptors (Lipinski definition) is 5. The molecule has 21 heavy (non-hydrogen) atoms. The van der Waals surface area contributed by atoms with Crippen LogP contribution >= 0.6 is 15.9 Å². The summed E-state index contributed by atoms with van der Waals surface area (Å²) >= 11 is 3.37. The van der Waals surface area contributed by atoms with Gasteiger partial charge in [0.15, 0.2) is 5.82 Å². The molecule has 2 aromatic rings. The number of aromatic nitrogens is 3. The minimum atomic E-state index is -0.389. The molecule has 0 saturated heterocycles. The Morgan fingerprint density at radius 3 is 2.71 bits per heavy atom. The van der Waals surface area contributed by atoms with Crippen LogP contribution < -0.4 is 0 Å². The Balaban J connectivity index is 2.48. The Kier molecular flexibility index (Phi) is 5.01. The highest BCUT2D eigenvalue weighted by molar-refractivity contribution is 9.10. The van der Waals surface area contributed by atoms with E-state index in [1.807, 2.05) is 19.9 Å². The molecule has 0 aliphatic rings. The van der Waals surface area contributed by atoms with E-state index in [0.29, 0.717) is 23.7 Å². The number of rotatable bonds is 4. The zero-order valence-electron chi connectivity index (χ0n) is 12.1. The van der Waals surface area contributed by atoms with Crippen LogP contribution in [-0.2, 0) is 4.74 Å². The van der Waals surface area contributed by atoms with Crippen molar-refractivity contribution >= 4 is 21.9 Å². The van der Waals surface area contributed by atoms with Gasteiger partial charge < -0.3 is 4.74 Å². The lowest BCUT2D eigenvalue weighted by Gasteiger charge is -2.12. The highest BCUT2D eigenvalue weighted by Crippen LogP contribution is 2.23. The highest BCUT2D eigenvalue weighted by Gasteiger charge is 2.18. The van der Waals surface area contributed by atoms with E-state index in [9.17, 15) is 4.79 Å². The summed E-state index contributed by atoms with van der Waals surface area (Å²) in [5, 5.41) is 0. The number of nitrogens with zero attached hydrogens (tertiary/aromatic N) is 3. The summed E-state index contributed by atoms with van der Waals surface area (Å²) in [4.78, 5) is 24.8. The Morgan fingerprint density at radius 1 is 1.33 bits per heavy atom. The maximum atomic E-state index is 11.9. The van der Waals surface area contributed by atoms with Gasteiger partial charge in [-0.15, -0.1) is 0 Å². The van der Waals surface area contributed by atoms with Crippen LogP contribution in [0.3, 0.4) is 0 Å². The van der Waals surface area contributed by atoms with Crippen LogP contribution in [0.5, 0.6) is 0 Å². The third kappa shape index (κ3) is 3.64. The van der Waals surface area contributed by atoms with E-state index in [-0.39, 0.29) is 11.9 Å². The first-order chi connectivity index (χ1) is 10.0. The molecule has 0 fully saturated rings. The second kappa shape index (κ2) is 6.76. The summed E-state index contributed by atoms with van der Waals surface area (Å²) in [6, 6.07) is 1.89. The van der Waals surface area contributed by atoms with Crippen LogP contribution in [0.25, 0.3) is 11.4 Å². The first kappa shape index (κ1) is 15.6. The summed E-state index contributed by atoms with van der Waals surface area (Å²) < 4.78 is 5.90. The van der Waals surface area contributed by atoms with Crippen LogP contribution in [0.15, 0.2) is 29.1 Å². The van der Waals surface area contributed by atoms with Gasteiger partial charge in [0.25, 0.3) is 0 Å². The van der Waals surface area contributed by atoms with Crippen molar-refractivity contribution in [2.45, 2.75) is 26.7 Å². The van der Waals surface area contributed by atoms with E-state index in [2.05, 4.69) is 30.9 Å². The largest absolute Gasteiger partial charge is 0.462 e. The van der Waals surface area contributed by atoms with Gasteiger partial charge in [-0.3, -0.25) is 4.98 Å². The number of hydrogen-bond donors (Lipinski definition) is 0. The first-order valence-electron chi connectivity index (χ1n) is 6.68. The predicted molar refractivity (Wildman–Crippen MR) is 83.0 cm³/mol. The lowest BCUT2D eigenvalue weighted by Crippen LogP contribution is -2.12. The van der Waals surface area contributed by atoms with Gasteiger partial charge >= 0.3 is 5.97 Å². The molecular weight excluding hydrogens is 334 g/mol. The van der Waals surface area contributed by atoms with E-state index in [1.54, 1.807) is 19.3 Å². The molecule has 0 aromatic carbocycles. The third-order valence-corrected chi connectivity index (χ3v) is 3.26. The van der Waals surface area contributed by atoms with Gasteiger partial charge in [-0.05, 0) is 34.8 Å². The number of halogens is 1. The smallest absolute Gasteiger partial charge is 0.341 e. The fourth-order valence-electron chi connectivity index (χ4n) is 1.87. The van der Waals surface area contributed by atoms with Gasteiger partial charge in [0, 0.05) is 28.6 Å². The normalized spacial score (nSPS) is 10.7. The monoisotopic (exact) mass is 349 g/mol. The van der Waals surface area contributed by atoms with E-state index in [1.165, 1.54) is 6.20 Å². The second-order valence-corrected chi connectivity index (χ2v) is 5.68. The standard InChI is InChI=1S/C15H16BrN3O2/c1-4-21-15(20)12-8-18-14(19-13(12)9(2)3)10-5-11(16)7-17-6-10/h5-9H,4H2,1-3H3. The zero-order valence-corrected chi connectivity index (χ0v) is 13.7. The molecule has 2 aromatic heterocycles. The Morgan fingerprint density at radius 2 is 2.10 bits per heavy atom. The molecule has 0 atom stereocenters. The van der Waals surface area contributed by atoms with Gasteiger partial charge in [0.1, 0.15) is 0 Å². The van der Waals surface area contributed by atoms with Crippen molar-refractivity contribution in [3.63, 3.8) is 0 Å². The quantitative estimate of drug-likeness (QED) is 0.789. The Hall–Kier alpha value is -1.82. The van der Waals surface area contributed by atoms with Crippen molar-refractivity contribution in [3.05, 3.63) is 40.4 Å². The molecule has 0 unspecified atom stereocenters. The lowest BCUT2D eigenvalue weighted by molar-refractivity contribution is 0.0523. The summed E-state index contributed by atoms with van der Waals surface area (Å²) in [7, 11) is 0. The number of carbonyl (C=O) groups is 1. The predicted octanol–water partition coefficient (Wildman–Crippen LogP) is 3.60. The Labute approximate surface area is 131 Å². The van der Waals surface area contributed by atoms with Gasteiger partial charge in [0.05, 0.1) is 17.9 Å². The molecule has 2 rings (SSSR count). The number of carbonyl (C=O) groups excluding carboxylic acids is 1. The van der Waals surface area contributed by atoms with Crippen molar-refractivity contribution in [3.8, 4) is 11.4 Å². The fraction of sp³-hybridized carbons (Fsp3) is 0.333. The molecule has 110 valence electrons. The number of ether oxygens (including phenoxy) is 1. The maximum Gasteiger partial charge on any atom is 0.341 e. The van der Waals surface area contributed by atoms with Gasteiger partial charge in [-0.2, -0.15) is 0 Å². The average Bonchev–Trinajstić information content (AvgIpc) is 2.46. The Bertz CT molecular complexity index is 659. The molecule has 0 spiro atoms. The van der Waals surface area contributed by atoms with Crippen molar-refractivity contribution < 1.29 is 9.53 Å². The minimum absolute atomic E-state index is 0.0891. The van der Waals surface area contributed by atoms with Crippen LogP contribution in [0.1, 0.15) is 42.7 Å². The SMILES string of the molecule is CCOC(=O)c1cnc(-c2cncc(Br)c2)nc1C(C)C. The molecule has 0 aliphatic heterocycles. The summed E-state index contributed by atoms with van der Waals surface area (Å²) in [6.45, 7) is 6.06. The first-order valence-corrected chi connectivity index (χ1v) is 7.47. The molecule has 0 radical (unpaired) electrons. The van der Waals surface area contributed by atoms with Gasteiger partial charge in [0.2, 0.25) is 0 Å². The number of esters is 1. The summed E-state index contributed by atoms with van der Waals surface area (Å²) in [5.74, 6) is 0.243. The van der Waals surface area contributed by atoms with Crippen molar-refractivity contribution in [1.82, 2.24) is 15.0 Å². The molecule has 0 N–H and O–H groups in total. The molecule has 6 heteroatoms. The van der Waals surface area contributed by atoms with Crippen LogP contribution in [0.2, 0.25) is 0 Å². The summed E-state index contributed by atoms with van der Waals surface area (Å²) in [5.41, 5.74) is 1.89. The van der Waals surface area contributed by atoms with Crippen molar-refractivity contribution in [1.29, 1.82) is 0 Å². The second-order valence-electron chi connectivity index (χ2n) is 4.76. The van der Waals surface area contributed by atoms with Crippen LogP contribution in [-0.4, -0.2) is 27.5 Å². The van der Waals surface area contributed by atoms with Crippen molar-refractivity contribution in [2.75, 3.05) is 6.61 Å². The van der Waals surface area contributed by atoms with Gasteiger partial charge in [-0.1, -0.05) is 13.8 Å². The fourth-order valence-corrected chi connectivity index (χ4v) is 2.24. The molecule has 2 heterocycles. The minimum Gasteiger partial charge on any atom is -0.462 e. The molecular formula is C15H16BrN3O2. The molecule has 0 amide bonds. The van der Waals surface area contributed by atoms with E-state index >= 15 is 0 Å². The van der Waals surface area contributed by atoms with Crippen molar-refractivity contribution in [2.24, 2.45) is 0 Å². The molecule has 0 bridgehead atoms.